The Morgan fingerprint density at radius 1 is 1.18 bits per heavy atom. The van der Waals surface area contributed by atoms with Crippen molar-refractivity contribution in [3.63, 3.8) is 0 Å². The van der Waals surface area contributed by atoms with Crippen LogP contribution in [0.3, 0.4) is 0 Å². The van der Waals surface area contributed by atoms with E-state index in [0.29, 0.717) is 18.2 Å². The van der Waals surface area contributed by atoms with Crippen molar-refractivity contribution >= 4 is 0 Å². The summed E-state index contributed by atoms with van der Waals surface area (Å²) in [5.74, 6) is 0.752. The summed E-state index contributed by atoms with van der Waals surface area (Å²) in [4.78, 5) is 12.1. The molecule has 0 radical (unpaired) electrons. The minimum atomic E-state index is -0.321. The quantitative estimate of drug-likeness (QED) is 0.866. The van der Waals surface area contributed by atoms with Gasteiger partial charge in [-0.1, -0.05) is 52.0 Å². The minimum Gasteiger partial charge on any atom is -0.266 e. The molecule has 2 aromatic rings. The Balaban J connectivity index is 2.51. The van der Waals surface area contributed by atoms with E-state index >= 15 is 0 Å². The van der Waals surface area contributed by atoms with Crippen LogP contribution in [0.4, 0.5) is 0 Å². The average Bonchev–Trinajstić information content (AvgIpc) is 2.49. The van der Waals surface area contributed by atoms with E-state index in [1.54, 1.807) is 6.07 Å². The normalized spacial score (nSPS) is 11.0. The highest BCUT2D eigenvalue weighted by molar-refractivity contribution is 5.60. The fourth-order valence-corrected chi connectivity index (χ4v) is 2.27. The van der Waals surface area contributed by atoms with Gasteiger partial charge in [0.1, 0.15) is 11.6 Å². The van der Waals surface area contributed by atoms with Gasteiger partial charge in [0.25, 0.3) is 5.56 Å². The Kier molecular flexibility index (Phi) is 4.77. The molecule has 0 aliphatic carbocycles. The average molecular weight is 295 g/mol. The second-order valence-electron chi connectivity index (χ2n) is 6.21. The van der Waals surface area contributed by atoms with Crippen LogP contribution in [0.2, 0.25) is 0 Å². The molecule has 0 aliphatic rings. The first-order chi connectivity index (χ1) is 10.4. The van der Waals surface area contributed by atoms with Crippen LogP contribution in [0.15, 0.2) is 35.1 Å². The third kappa shape index (κ3) is 3.43. The van der Waals surface area contributed by atoms with Gasteiger partial charge in [0.05, 0.1) is 5.69 Å². The molecule has 1 aromatic heterocycles. The third-order valence-corrected chi connectivity index (χ3v) is 3.51. The molecule has 0 N–H and O–H groups in total. The highest BCUT2D eigenvalue weighted by Gasteiger charge is 2.11. The minimum absolute atomic E-state index is 0.138. The molecule has 0 amide bonds. The first kappa shape index (κ1) is 16.0. The van der Waals surface area contributed by atoms with Crippen LogP contribution in [-0.2, 0) is 6.54 Å². The molecule has 0 aliphatic heterocycles. The molecule has 0 bridgehead atoms. The summed E-state index contributed by atoms with van der Waals surface area (Å²) in [6, 6.07) is 11.6. The van der Waals surface area contributed by atoms with Crippen molar-refractivity contribution in [2.75, 3.05) is 0 Å². The molecule has 0 saturated carbocycles. The number of nitrogens with zero attached hydrogens (tertiary/aromatic N) is 3. The maximum absolute atomic E-state index is 12.1. The topological polar surface area (TPSA) is 58.7 Å². The molecular weight excluding hydrogens is 274 g/mol. The maximum Gasteiger partial charge on any atom is 0.284 e. The number of hydrogen-bond donors (Lipinski definition) is 0. The molecule has 2 rings (SSSR count). The zero-order chi connectivity index (χ0) is 16.3. The molecule has 0 fully saturated rings. The molecule has 4 heteroatoms. The maximum atomic E-state index is 12.1. The standard InChI is InChI=1S/C18H21N3O/c1-12(2)11-21-18(22)16(10-19)9-17(20-21)15-7-5-14(6-8-15)13(3)4/h5-9,12-13H,11H2,1-4H3. The number of nitriles is 1. The van der Waals surface area contributed by atoms with Crippen LogP contribution < -0.4 is 5.56 Å². The summed E-state index contributed by atoms with van der Waals surface area (Å²) in [5, 5.41) is 13.6. The van der Waals surface area contributed by atoms with E-state index in [9.17, 15) is 10.1 Å². The Bertz CT molecular complexity index is 749. The molecule has 114 valence electrons. The van der Waals surface area contributed by atoms with E-state index in [4.69, 9.17) is 0 Å². The summed E-state index contributed by atoms with van der Waals surface area (Å²) < 4.78 is 1.40. The lowest BCUT2D eigenvalue weighted by Crippen LogP contribution is -2.27. The molecule has 1 aromatic carbocycles. The van der Waals surface area contributed by atoms with Crippen LogP contribution in [0.1, 0.15) is 44.7 Å². The van der Waals surface area contributed by atoms with Gasteiger partial charge in [-0.25, -0.2) is 4.68 Å². The molecule has 0 saturated heterocycles. The Hall–Kier alpha value is -2.41. The second kappa shape index (κ2) is 6.57. The van der Waals surface area contributed by atoms with Gasteiger partial charge in [-0.15, -0.1) is 0 Å². The second-order valence-corrected chi connectivity index (χ2v) is 6.21. The number of rotatable bonds is 4. The van der Waals surface area contributed by atoms with Crippen molar-refractivity contribution in [2.45, 2.75) is 40.2 Å². The first-order valence-corrected chi connectivity index (χ1v) is 7.55. The lowest BCUT2D eigenvalue weighted by molar-refractivity contribution is 0.464. The van der Waals surface area contributed by atoms with Crippen LogP contribution in [0.25, 0.3) is 11.3 Å². The molecule has 0 unspecified atom stereocenters. The molecule has 22 heavy (non-hydrogen) atoms. The predicted molar refractivity (Wildman–Crippen MR) is 87.6 cm³/mol. The highest BCUT2D eigenvalue weighted by Crippen LogP contribution is 2.21. The summed E-state index contributed by atoms with van der Waals surface area (Å²) in [6.45, 7) is 8.83. The summed E-state index contributed by atoms with van der Waals surface area (Å²) in [6.07, 6.45) is 0. The van der Waals surface area contributed by atoms with Gasteiger partial charge >= 0.3 is 0 Å². The van der Waals surface area contributed by atoms with Gasteiger partial charge in [-0.3, -0.25) is 4.79 Å². The van der Waals surface area contributed by atoms with Crippen LogP contribution in [0, 0.1) is 17.2 Å². The van der Waals surface area contributed by atoms with E-state index in [0.717, 1.165) is 5.56 Å². The van der Waals surface area contributed by atoms with Gasteiger partial charge in [0, 0.05) is 12.1 Å². The summed E-state index contributed by atoms with van der Waals surface area (Å²) in [5.41, 5.74) is 2.64. The lowest BCUT2D eigenvalue weighted by atomic mass is 10.0. The van der Waals surface area contributed by atoms with Crippen molar-refractivity contribution in [3.8, 4) is 17.3 Å². The molecular formula is C18H21N3O. The van der Waals surface area contributed by atoms with Crippen molar-refractivity contribution < 1.29 is 0 Å². The van der Waals surface area contributed by atoms with Crippen molar-refractivity contribution in [1.29, 1.82) is 5.26 Å². The monoisotopic (exact) mass is 295 g/mol. The third-order valence-electron chi connectivity index (χ3n) is 3.51. The van der Waals surface area contributed by atoms with Crippen molar-refractivity contribution in [1.82, 2.24) is 9.78 Å². The SMILES string of the molecule is CC(C)Cn1nc(-c2ccc(C(C)C)cc2)cc(C#N)c1=O. The van der Waals surface area contributed by atoms with E-state index < -0.39 is 0 Å². The van der Waals surface area contributed by atoms with Crippen molar-refractivity contribution in [2.24, 2.45) is 5.92 Å². The summed E-state index contributed by atoms with van der Waals surface area (Å²) in [7, 11) is 0. The predicted octanol–water partition coefficient (Wildman–Crippen LogP) is 3.56. The Labute approximate surface area is 131 Å². The molecule has 4 nitrogen and oxygen atoms in total. The van der Waals surface area contributed by atoms with E-state index in [2.05, 4.69) is 31.1 Å². The highest BCUT2D eigenvalue weighted by atomic mass is 16.1. The van der Waals surface area contributed by atoms with Crippen molar-refractivity contribution in [3.05, 3.63) is 51.8 Å². The number of benzene rings is 1. The smallest absolute Gasteiger partial charge is 0.266 e. The van der Waals surface area contributed by atoms with Gasteiger partial charge in [0.15, 0.2) is 0 Å². The Morgan fingerprint density at radius 2 is 1.82 bits per heavy atom. The number of aromatic nitrogens is 2. The fourth-order valence-electron chi connectivity index (χ4n) is 2.27. The molecule has 0 atom stereocenters. The van der Waals surface area contributed by atoms with Gasteiger partial charge < -0.3 is 0 Å². The van der Waals surface area contributed by atoms with Gasteiger partial charge in [0.2, 0.25) is 0 Å². The van der Waals surface area contributed by atoms with Crippen LogP contribution >= 0.6 is 0 Å². The van der Waals surface area contributed by atoms with Gasteiger partial charge in [-0.2, -0.15) is 10.4 Å². The zero-order valence-corrected chi connectivity index (χ0v) is 13.5. The van der Waals surface area contributed by atoms with E-state index in [1.165, 1.54) is 10.2 Å². The number of hydrogen-bond acceptors (Lipinski definition) is 3. The fraction of sp³-hybridized carbons (Fsp3) is 0.389. The molecule has 0 spiro atoms. The summed E-state index contributed by atoms with van der Waals surface area (Å²) >= 11 is 0. The molecule has 1 heterocycles. The van der Waals surface area contributed by atoms with Crippen LogP contribution in [0.5, 0.6) is 0 Å². The largest absolute Gasteiger partial charge is 0.284 e. The van der Waals surface area contributed by atoms with E-state index in [1.807, 2.05) is 32.0 Å². The van der Waals surface area contributed by atoms with E-state index in [-0.39, 0.29) is 17.0 Å². The first-order valence-electron chi connectivity index (χ1n) is 7.55. The Morgan fingerprint density at radius 3 is 2.32 bits per heavy atom. The zero-order valence-electron chi connectivity index (χ0n) is 13.5. The van der Waals surface area contributed by atoms with Gasteiger partial charge in [-0.05, 0) is 23.5 Å². The van der Waals surface area contributed by atoms with Crippen LogP contribution in [-0.4, -0.2) is 9.78 Å². The lowest BCUT2D eigenvalue weighted by Gasteiger charge is -2.11.